The van der Waals surface area contributed by atoms with E-state index < -0.39 is 26.4 Å². The highest BCUT2D eigenvalue weighted by molar-refractivity contribution is 7.92. The maximum Gasteiger partial charge on any atom is 0.155 e. The quantitative estimate of drug-likeness (QED) is 0.808. The van der Waals surface area contributed by atoms with Gasteiger partial charge in [-0.3, -0.25) is 0 Å². The van der Waals surface area contributed by atoms with Crippen LogP contribution in [0.5, 0.6) is 0 Å². The Labute approximate surface area is 124 Å². The van der Waals surface area contributed by atoms with Crippen molar-refractivity contribution in [3.05, 3.63) is 35.6 Å². The number of nitrogens with zero attached hydrogens (tertiary/aromatic N) is 1. The lowest BCUT2D eigenvalue weighted by atomic mass is 10.0. The maximum atomic E-state index is 13.0. The Morgan fingerprint density at radius 3 is 2.43 bits per heavy atom. The zero-order valence-electron chi connectivity index (χ0n) is 12.0. The van der Waals surface area contributed by atoms with Crippen molar-refractivity contribution in [1.82, 2.24) is 0 Å². The van der Waals surface area contributed by atoms with Gasteiger partial charge in [0.2, 0.25) is 0 Å². The van der Waals surface area contributed by atoms with Gasteiger partial charge in [-0.15, -0.1) is 0 Å². The van der Waals surface area contributed by atoms with E-state index in [0.717, 1.165) is 0 Å². The van der Waals surface area contributed by atoms with Gasteiger partial charge in [-0.1, -0.05) is 19.1 Å². The van der Waals surface area contributed by atoms with Crippen LogP contribution >= 0.6 is 0 Å². The Morgan fingerprint density at radius 2 is 1.95 bits per heavy atom. The standard InChI is InChI=1S/C15H18FNO3S/c1-3-20-10-15(9-17)13(14(15)21(18,19)4-2)11-5-7-12(16)8-6-11/h5-8,13-14H,3-4,10H2,1-2H3. The van der Waals surface area contributed by atoms with Crippen LogP contribution in [-0.2, 0) is 14.6 Å². The molecule has 1 saturated carbocycles. The molecule has 6 heteroatoms. The normalized spacial score (nSPS) is 28.1. The minimum atomic E-state index is -3.38. The Kier molecular flexibility index (Phi) is 4.35. The lowest BCUT2D eigenvalue weighted by molar-refractivity contribution is 0.117. The summed E-state index contributed by atoms with van der Waals surface area (Å²) in [6.07, 6.45) is 0. The van der Waals surface area contributed by atoms with Gasteiger partial charge >= 0.3 is 0 Å². The van der Waals surface area contributed by atoms with Crippen LogP contribution in [0.1, 0.15) is 25.3 Å². The topological polar surface area (TPSA) is 67.2 Å². The number of hydrogen-bond donors (Lipinski definition) is 0. The SMILES string of the molecule is CCOCC1(C#N)C(c2ccc(F)cc2)C1S(=O)(=O)CC. The molecule has 0 bridgehead atoms. The van der Waals surface area contributed by atoms with Gasteiger partial charge in [-0.25, -0.2) is 12.8 Å². The Balaban J connectivity index is 2.42. The third-order valence-electron chi connectivity index (χ3n) is 4.03. The third kappa shape index (κ3) is 2.68. The first kappa shape index (κ1) is 15.9. The molecule has 0 radical (unpaired) electrons. The molecule has 0 amide bonds. The highest BCUT2D eigenvalue weighted by Crippen LogP contribution is 2.62. The summed E-state index contributed by atoms with van der Waals surface area (Å²) in [5.41, 5.74) is -0.400. The summed E-state index contributed by atoms with van der Waals surface area (Å²) < 4.78 is 42.9. The van der Waals surface area contributed by atoms with Gasteiger partial charge in [0.15, 0.2) is 9.84 Å². The lowest BCUT2D eigenvalue weighted by Crippen LogP contribution is -2.20. The monoisotopic (exact) mass is 311 g/mol. The van der Waals surface area contributed by atoms with Crippen LogP contribution in [-0.4, -0.2) is 32.6 Å². The molecule has 0 spiro atoms. The first-order valence-corrected chi connectivity index (χ1v) is 8.60. The highest BCUT2D eigenvalue weighted by atomic mass is 32.2. The lowest BCUT2D eigenvalue weighted by Gasteiger charge is -2.09. The van der Waals surface area contributed by atoms with E-state index in [4.69, 9.17) is 4.74 Å². The van der Waals surface area contributed by atoms with Crippen molar-refractivity contribution in [1.29, 1.82) is 5.26 Å². The van der Waals surface area contributed by atoms with Crippen molar-refractivity contribution in [2.24, 2.45) is 5.41 Å². The van der Waals surface area contributed by atoms with E-state index in [-0.39, 0.29) is 18.2 Å². The van der Waals surface area contributed by atoms with Crippen LogP contribution < -0.4 is 0 Å². The van der Waals surface area contributed by atoms with Crippen LogP contribution in [0.2, 0.25) is 0 Å². The fourth-order valence-electron chi connectivity index (χ4n) is 2.86. The molecule has 2 rings (SSSR count). The van der Waals surface area contributed by atoms with Crippen molar-refractivity contribution < 1.29 is 17.5 Å². The molecule has 0 saturated heterocycles. The summed E-state index contributed by atoms with van der Waals surface area (Å²) in [6, 6.07) is 7.80. The van der Waals surface area contributed by atoms with Crippen molar-refractivity contribution in [3.8, 4) is 6.07 Å². The van der Waals surface area contributed by atoms with Gasteiger partial charge in [-0.2, -0.15) is 5.26 Å². The summed E-state index contributed by atoms with van der Waals surface area (Å²) in [7, 11) is -3.38. The zero-order chi connectivity index (χ0) is 15.7. The van der Waals surface area contributed by atoms with Crippen LogP contribution in [0.4, 0.5) is 4.39 Å². The largest absolute Gasteiger partial charge is 0.380 e. The van der Waals surface area contributed by atoms with E-state index in [1.165, 1.54) is 12.1 Å². The Hall–Kier alpha value is -1.45. The zero-order valence-corrected chi connectivity index (χ0v) is 12.9. The molecule has 3 atom stereocenters. The molecule has 1 aromatic carbocycles. The molecule has 0 heterocycles. The maximum absolute atomic E-state index is 13.0. The number of benzene rings is 1. The van der Waals surface area contributed by atoms with Crippen molar-refractivity contribution in [2.75, 3.05) is 19.0 Å². The van der Waals surface area contributed by atoms with Gasteiger partial charge in [0.05, 0.1) is 17.9 Å². The van der Waals surface area contributed by atoms with E-state index in [9.17, 15) is 18.1 Å². The van der Waals surface area contributed by atoms with E-state index in [2.05, 4.69) is 6.07 Å². The molecule has 114 valence electrons. The Morgan fingerprint density at radius 1 is 1.33 bits per heavy atom. The molecule has 1 aromatic rings. The summed E-state index contributed by atoms with van der Waals surface area (Å²) in [5, 5.41) is 8.75. The second-order valence-corrected chi connectivity index (χ2v) is 7.60. The van der Waals surface area contributed by atoms with E-state index >= 15 is 0 Å². The molecule has 1 aliphatic carbocycles. The number of halogens is 1. The first-order valence-electron chi connectivity index (χ1n) is 6.89. The molecule has 1 aliphatic rings. The predicted molar refractivity (Wildman–Crippen MR) is 76.9 cm³/mol. The summed E-state index contributed by atoms with van der Waals surface area (Å²) >= 11 is 0. The molecule has 0 aliphatic heterocycles. The summed E-state index contributed by atoms with van der Waals surface area (Å²) in [5.74, 6) is -0.869. The molecule has 4 nitrogen and oxygen atoms in total. The van der Waals surface area contributed by atoms with Gasteiger partial charge < -0.3 is 4.74 Å². The van der Waals surface area contributed by atoms with Crippen LogP contribution in [0.15, 0.2) is 24.3 Å². The minimum absolute atomic E-state index is 0.0229. The number of hydrogen-bond acceptors (Lipinski definition) is 4. The smallest absolute Gasteiger partial charge is 0.155 e. The van der Waals surface area contributed by atoms with E-state index in [0.29, 0.717) is 12.2 Å². The molecule has 0 N–H and O–H groups in total. The van der Waals surface area contributed by atoms with E-state index in [1.54, 1.807) is 26.0 Å². The minimum Gasteiger partial charge on any atom is -0.380 e. The average molecular weight is 311 g/mol. The van der Waals surface area contributed by atoms with Crippen molar-refractivity contribution >= 4 is 9.84 Å². The molecular formula is C15H18FNO3S. The third-order valence-corrected chi connectivity index (χ3v) is 6.30. The first-order chi connectivity index (χ1) is 9.93. The number of ether oxygens (including phenoxy) is 1. The molecule has 21 heavy (non-hydrogen) atoms. The summed E-state index contributed by atoms with van der Waals surface area (Å²) in [6.45, 7) is 3.85. The highest BCUT2D eigenvalue weighted by Gasteiger charge is 2.71. The van der Waals surface area contributed by atoms with Gasteiger partial charge in [0, 0.05) is 18.3 Å². The van der Waals surface area contributed by atoms with Crippen LogP contribution in [0.25, 0.3) is 0 Å². The van der Waals surface area contributed by atoms with Crippen LogP contribution in [0, 0.1) is 22.6 Å². The van der Waals surface area contributed by atoms with E-state index in [1.807, 2.05) is 0 Å². The average Bonchev–Trinajstić information content (AvgIpc) is 3.16. The van der Waals surface area contributed by atoms with Gasteiger partial charge in [0.1, 0.15) is 11.2 Å². The molecule has 3 unspecified atom stereocenters. The Bertz CT molecular complexity index is 650. The molecule has 1 fully saturated rings. The summed E-state index contributed by atoms with van der Waals surface area (Å²) in [4.78, 5) is 0. The molecule has 0 aromatic heterocycles. The van der Waals surface area contributed by atoms with Crippen molar-refractivity contribution in [2.45, 2.75) is 25.0 Å². The second-order valence-electron chi connectivity index (χ2n) is 5.19. The number of rotatable bonds is 6. The fourth-order valence-corrected chi connectivity index (χ4v) is 4.87. The van der Waals surface area contributed by atoms with Crippen molar-refractivity contribution in [3.63, 3.8) is 0 Å². The predicted octanol–water partition coefficient (Wildman–Crippen LogP) is 2.27. The number of nitriles is 1. The van der Waals surface area contributed by atoms with Gasteiger partial charge in [-0.05, 0) is 24.6 Å². The molecular weight excluding hydrogens is 293 g/mol. The van der Waals surface area contributed by atoms with Gasteiger partial charge in [0.25, 0.3) is 0 Å². The number of sulfone groups is 1. The second kappa shape index (κ2) is 5.74. The van der Waals surface area contributed by atoms with Crippen LogP contribution in [0.3, 0.4) is 0 Å². The fraction of sp³-hybridized carbons (Fsp3) is 0.533.